The number of nitrogens with one attached hydrogen (secondary N) is 1. The molecule has 0 saturated carbocycles. The summed E-state index contributed by atoms with van der Waals surface area (Å²) in [5, 5.41) is 7.98. The summed E-state index contributed by atoms with van der Waals surface area (Å²) in [5.74, 6) is 0. The summed E-state index contributed by atoms with van der Waals surface area (Å²) < 4.78 is 4.13. The van der Waals surface area contributed by atoms with Gasteiger partial charge in [0.15, 0.2) is 4.96 Å². The molecule has 128 valence electrons. The standard InChI is InChI=1S/C19H21N5S/c1-14-12-23-18(15(2)22-19(23)25-14)11-20-9-8-16-10-21-24(13-16)17-6-4-3-5-7-17/h3-7,10,12-13,20H,8-9,11H2,1-2H3. The van der Waals surface area contributed by atoms with Crippen molar-refractivity contribution in [3.63, 3.8) is 0 Å². The van der Waals surface area contributed by atoms with Crippen LogP contribution in [0.25, 0.3) is 10.6 Å². The minimum atomic E-state index is 0.829. The minimum Gasteiger partial charge on any atom is -0.311 e. The molecular formula is C19H21N5S. The van der Waals surface area contributed by atoms with Gasteiger partial charge in [0.1, 0.15) is 0 Å². The van der Waals surface area contributed by atoms with Crippen molar-refractivity contribution in [1.82, 2.24) is 24.5 Å². The van der Waals surface area contributed by atoms with Gasteiger partial charge in [-0.1, -0.05) is 18.2 Å². The minimum absolute atomic E-state index is 0.829. The quantitative estimate of drug-likeness (QED) is 0.541. The zero-order chi connectivity index (χ0) is 17.2. The molecule has 5 nitrogen and oxygen atoms in total. The van der Waals surface area contributed by atoms with Crippen LogP contribution in [0.3, 0.4) is 0 Å². The largest absolute Gasteiger partial charge is 0.311 e. The molecule has 0 unspecified atom stereocenters. The highest BCUT2D eigenvalue weighted by atomic mass is 32.1. The summed E-state index contributed by atoms with van der Waals surface area (Å²) in [4.78, 5) is 7.00. The fourth-order valence-electron chi connectivity index (χ4n) is 2.97. The lowest BCUT2D eigenvalue weighted by molar-refractivity contribution is 0.668. The monoisotopic (exact) mass is 351 g/mol. The van der Waals surface area contributed by atoms with Gasteiger partial charge in [-0.2, -0.15) is 5.10 Å². The molecule has 1 N–H and O–H groups in total. The molecule has 4 aromatic rings. The Morgan fingerprint density at radius 2 is 1.96 bits per heavy atom. The molecule has 0 aliphatic carbocycles. The van der Waals surface area contributed by atoms with E-state index in [0.29, 0.717) is 0 Å². The van der Waals surface area contributed by atoms with Gasteiger partial charge in [0.05, 0.1) is 23.3 Å². The van der Waals surface area contributed by atoms with Crippen LogP contribution in [0.5, 0.6) is 0 Å². The van der Waals surface area contributed by atoms with Crippen LogP contribution in [-0.2, 0) is 13.0 Å². The third-order valence-electron chi connectivity index (χ3n) is 4.28. The maximum Gasteiger partial charge on any atom is 0.194 e. The molecule has 0 radical (unpaired) electrons. The van der Waals surface area contributed by atoms with Gasteiger partial charge in [0.2, 0.25) is 0 Å². The number of imidazole rings is 1. The highest BCUT2D eigenvalue weighted by Crippen LogP contribution is 2.20. The van der Waals surface area contributed by atoms with Crippen molar-refractivity contribution < 1.29 is 0 Å². The first-order chi connectivity index (χ1) is 12.2. The lowest BCUT2D eigenvalue weighted by Gasteiger charge is -2.04. The number of rotatable bonds is 6. The summed E-state index contributed by atoms with van der Waals surface area (Å²) in [5.41, 5.74) is 4.68. The Morgan fingerprint density at radius 1 is 1.12 bits per heavy atom. The van der Waals surface area contributed by atoms with Crippen LogP contribution in [0.15, 0.2) is 48.9 Å². The number of para-hydroxylation sites is 1. The number of fused-ring (bicyclic) bond motifs is 1. The van der Waals surface area contributed by atoms with Crippen molar-refractivity contribution in [2.75, 3.05) is 6.54 Å². The molecule has 6 heteroatoms. The normalized spacial score (nSPS) is 11.4. The molecule has 0 spiro atoms. The van der Waals surface area contributed by atoms with Crippen LogP contribution in [0.4, 0.5) is 0 Å². The first kappa shape index (κ1) is 16.1. The van der Waals surface area contributed by atoms with Crippen LogP contribution in [0.1, 0.15) is 21.8 Å². The van der Waals surface area contributed by atoms with Crippen molar-refractivity contribution in [1.29, 1.82) is 0 Å². The molecule has 0 fully saturated rings. The highest BCUT2D eigenvalue weighted by molar-refractivity contribution is 7.17. The molecule has 0 saturated heterocycles. The summed E-state index contributed by atoms with van der Waals surface area (Å²) in [6.07, 6.45) is 7.16. The Kier molecular flexibility index (Phi) is 4.38. The molecule has 0 atom stereocenters. The molecule has 1 aromatic carbocycles. The average Bonchev–Trinajstić information content (AvgIpc) is 3.28. The fourth-order valence-corrected chi connectivity index (χ4v) is 3.86. The zero-order valence-electron chi connectivity index (χ0n) is 14.4. The third-order valence-corrected chi connectivity index (χ3v) is 5.18. The zero-order valence-corrected chi connectivity index (χ0v) is 15.3. The number of aryl methyl sites for hydroxylation is 2. The molecule has 0 aliphatic heterocycles. The molecule has 3 heterocycles. The molecule has 4 rings (SSSR count). The van der Waals surface area contributed by atoms with E-state index in [1.54, 1.807) is 11.3 Å². The van der Waals surface area contributed by atoms with Crippen LogP contribution in [0.2, 0.25) is 0 Å². The highest BCUT2D eigenvalue weighted by Gasteiger charge is 2.10. The van der Waals surface area contributed by atoms with Crippen LogP contribution < -0.4 is 5.32 Å². The second-order valence-corrected chi connectivity index (χ2v) is 7.41. The lowest BCUT2D eigenvalue weighted by atomic mass is 10.2. The van der Waals surface area contributed by atoms with Crippen molar-refractivity contribution >= 4 is 16.3 Å². The number of hydrogen-bond acceptors (Lipinski definition) is 4. The van der Waals surface area contributed by atoms with E-state index < -0.39 is 0 Å². The number of benzene rings is 1. The van der Waals surface area contributed by atoms with Gasteiger partial charge in [-0.15, -0.1) is 11.3 Å². The van der Waals surface area contributed by atoms with Crippen molar-refractivity contribution in [2.45, 2.75) is 26.8 Å². The van der Waals surface area contributed by atoms with E-state index in [9.17, 15) is 0 Å². The molecular weight excluding hydrogens is 330 g/mol. The van der Waals surface area contributed by atoms with Gasteiger partial charge in [0, 0.05) is 23.8 Å². The Labute approximate surface area is 151 Å². The van der Waals surface area contributed by atoms with Crippen molar-refractivity contribution in [3.8, 4) is 5.69 Å². The van der Waals surface area contributed by atoms with Crippen molar-refractivity contribution in [3.05, 3.63) is 70.8 Å². The van der Waals surface area contributed by atoms with E-state index in [4.69, 9.17) is 0 Å². The van der Waals surface area contributed by atoms with E-state index in [-0.39, 0.29) is 0 Å². The topological polar surface area (TPSA) is 47.1 Å². The summed E-state index contributed by atoms with van der Waals surface area (Å²) in [6, 6.07) is 10.2. The van der Waals surface area contributed by atoms with Crippen LogP contribution >= 0.6 is 11.3 Å². The van der Waals surface area contributed by atoms with Gasteiger partial charge in [-0.05, 0) is 44.5 Å². The van der Waals surface area contributed by atoms with Gasteiger partial charge in [-0.3, -0.25) is 4.40 Å². The second kappa shape index (κ2) is 6.82. The molecule has 25 heavy (non-hydrogen) atoms. The van der Waals surface area contributed by atoms with E-state index in [1.807, 2.05) is 29.1 Å². The molecule has 0 amide bonds. The number of hydrogen-bond donors (Lipinski definition) is 1. The molecule has 0 aliphatic rings. The Bertz CT molecular complexity index is 980. The van der Waals surface area contributed by atoms with E-state index >= 15 is 0 Å². The lowest BCUT2D eigenvalue weighted by Crippen LogP contribution is -2.18. The molecule has 3 aromatic heterocycles. The van der Waals surface area contributed by atoms with E-state index in [0.717, 1.165) is 35.9 Å². The number of thiazole rings is 1. The summed E-state index contributed by atoms with van der Waals surface area (Å²) in [6.45, 7) is 5.94. The van der Waals surface area contributed by atoms with E-state index in [1.165, 1.54) is 16.1 Å². The average molecular weight is 351 g/mol. The first-order valence-electron chi connectivity index (χ1n) is 8.44. The van der Waals surface area contributed by atoms with Gasteiger partial charge >= 0.3 is 0 Å². The SMILES string of the molecule is Cc1cn2c(CNCCc3cnn(-c4ccccc4)c3)c(C)nc2s1. The second-order valence-electron chi connectivity index (χ2n) is 6.19. The maximum atomic E-state index is 4.64. The van der Waals surface area contributed by atoms with Gasteiger partial charge in [-0.25, -0.2) is 9.67 Å². The Hall–Kier alpha value is -2.44. The van der Waals surface area contributed by atoms with Gasteiger partial charge < -0.3 is 5.32 Å². The third kappa shape index (κ3) is 3.36. The first-order valence-corrected chi connectivity index (χ1v) is 9.26. The predicted molar refractivity (Wildman–Crippen MR) is 102 cm³/mol. The molecule has 0 bridgehead atoms. The predicted octanol–water partition coefficient (Wildman–Crippen LogP) is 3.53. The smallest absolute Gasteiger partial charge is 0.194 e. The Morgan fingerprint density at radius 3 is 2.80 bits per heavy atom. The number of aromatic nitrogens is 4. The van der Waals surface area contributed by atoms with E-state index in [2.05, 4.69) is 58.2 Å². The Balaban J connectivity index is 1.35. The van der Waals surface area contributed by atoms with Crippen molar-refractivity contribution in [2.24, 2.45) is 0 Å². The van der Waals surface area contributed by atoms with Crippen LogP contribution in [0, 0.1) is 13.8 Å². The maximum absolute atomic E-state index is 4.64. The fraction of sp³-hybridized carbons (Fsp3) is 0.263. The summed E-state index contributed by atoms with van der Waals surface area (Å²) >= 11 is 1.74. The van der Waals surface area contributed by atoms with Crippen LogP contribution in [-0.4, -0.2) is 25.7 Å². The number of nitrogens with zero attached hydrogens (tertiary/aromatic N) is 4. The summed E-state index contributed by atoms with van der Waals surface area (Å²) in [7, 11) is 0. The van der Waals surface area contributed by atoms with Gasteiger partial charge in [0.25, 0.3) is 0 Å².